The summed E-state index contributed by atoms with van der Waals surface area (Å²) >= 11 is 0. The molecule has 0 aromatic carbocycles. The molecule has 2 aromatic heterocycles. The number of hydrogen-bond donors (Lipinski definition) is 2. The van der Waals surface area contributed by atoms with Crippen LogP contribution < -0.4 is 5.73 Å². The van der Waals surface area contributed by atoms with E-state index >= 15 is 0 Å². The minimum absolute atomic E-state index is 0.169. The fraction of sp³-hybridized carbons (Fsp3) is 0.333. The summed E-state index contributed by atoms with van der Waals surface area (Å²) in [6.45, 7) is 1.98. The monoisotopic (exact) mass is 176 g/mol. The highest BCUT2D eigenvalue weighted by molar-refractivity contribution is 5.70. The molecule has 0 fully saturated rings. The molecule has 0 aliphatic rings. The predicted molar refractivity (Wildman–Crippen MR) is 51.2 cm³/mol. The molecule has 0 amide bonds. The van der Waals surface area contributed by atoms with Crippen LogP contribution in [0.5, 0.6) is 0 Å². The molecule has 2 rings (SSSR count). The van der Waals surface area contributed by atoms with Gasteiger partial charge in [0.05, 0.1) is 11.8 Å². The Balaban J connectivity index is 2.37. The lowest BCUT2D eigenvalue weighted by atomic mass is 10.1. The molecular formula is C9H12N4. The minimum atomic E-state index is 0.169. The Morgan fingerprint density at radius 2 is 2.38 bits per heavy atom. The fourth-order valence-corrected chi connectivity index (χ4v) is 1.36. The highest BCUT2D eigenvalue weighted by Crippen LogP contribution is 2.09. The number of fused-ring (bicyclic) bond motifs is 1. The van der Waals surface area contributed by atoms with Gasteiger partial charge in [-0.3, -0.25) is 0 Å². The molecule has 3 N–H and O–H groups in total. The number of hydrogen-bond acceptors (Lipinski definition) is 3. The van der Waals surface area contributed by atoms with E-state index in [1.54, 1.807) is 6.33 Å². The van der Waals surface area contributed by atoms with Gasteiger partial charge in [0.2, 0.25) is 0 Å². The minimum Gasteiger partial charge on any atom is -0.343 e. The van der Waals surface area contributed by atoms with Crippen LogP contribution in [0.25, 0.3) is 11.2 Å². The summed E-state index contributed by atoms with van der Waals surface area (Å²) in [6.07, 6.45) is 4.32. The van der Waals surface area contributed by atoms with E-state index in [9.17, 15) is 0 Å². The van der Waals surface area contributed by atoms with Crippen molar-refractivity contribution in [3.63, 3.8) is 0 Å². The number of H-pyrrole nitrogens is 1. The number of pyridine rings is 1. The van der Waals surface area contributed by atoms with Crippen molar-refractivity contribution >= 4 is 11.2 Å². The third-order valence-electron chi connectivity index (χ3n) is 1.89. The lowest BCUT2D eigenvalue weighted by Crippen LogP contribution is -2.17. The quantitative estimate of drug-likeness (QED) is 0.712. The van der Waals surface area contributed by atoms with Gasteiger partial charge in [0.15, 0.2) is 5.65 Å². The predicted octanol–water partition coefficient (Wildman–Crippen LogP) is 0.848. The van der Waals surface area contributed by atoms with Crippen LogP contribution in [0.3, 0.4) is 0 Å². The summed E-state index contributed by atoms with van der Waals surface area (Å²) in [4.78, 5) is 11.3. The molecule has 2 aromatic rings. The number of nitrogens with zero attached hydrogens (tertiary/aromatic N) is 2. The smallest absolute Gasteiger partial charge is 0.177 e. The van der Waals surface area contributed by atoms with Crippen molar-refractivity contribution in [1.82, 2.24) is 15.0 Å². The topological polar surface area (TPSA) is 67.6 Å². The van der Waals surface area contributed by atoms with Crippen molar-refractivity contribution in [2.24, 2.45) is 5.73 Å². The van der Waals surface area contributed by atoms with E-state index in [-0.39, 0.29) is 6.04 Å². The first-order valence-corrected chi connectivity index (χ1v) is 4.29. The van der Waals surface area contributed by atoms with Gasteiger partial charge in [0, 0.05) is 12.2 Å². The van der Waals surface area contributed by atoms with E-state index in [4.69, 9.17) is 5.73 Å². The number of nitrogens with two attached hydrogens (primary N) is 1. The summed E-state index contributed by atoms with van der Waals surface area (Å²) in [5.74, 6) is 0. The van der Waals surface area contributed by atoms with Crippen LogP contribution in [0.4, 0.5) is 0 Å². The third kappa shape index (κ3) is 1.67. The van der Waals surface area contributed by atoms with Crippen molar-refractivity contribution in [2.45, 2.75) is 19.4 Å². The second-order valence-electron chi connectivity index (χ2n) is 3.30. The second-order valence-corrected chi connectivity index (χ2v) is 3.30. The summed E-state index contributed by atoms with van der Waals surface area (Å²) in [5, 5.41) is 0. The molecule has 68 valence electrons. The highest BCUT2D eigenvalue weighted by Gasteiger charge is 2.01. The molecule has 0 saturated heterocycles. The molecule has 4 heteroatoms. The van der Waals surface area contributed by atoms with E-state index in [1.165, 1.54) is 0 Å². The molecule has 0 saturated carbocycles. The van der Waals surface area contributed by atoms with E-state index in [0.717, 1.165) is 23.1 Å². The van der Waals surface area contributed by atoms with Gasteiger partial charge in [0.25, 0.3) is 0 Å². The summed E-state index contributed by atoms with van der Waals surface area (Å²) in [6, 6.07) is 2.21. The van der Waals surface area contributed by atoms with E-state index in [0.29, 0.717) is 0 Å². The maximum absolute atomic E-state index is 5.69. The lowest BCUT2D eigenvalue weighted by molar-refractivity contribution is 0.736. The molecule has 0 spiro atoms. The van der Waals surface area contributed by atoms with Crippen LogP contribution in [0.2, 0.25) is 0 Å². The van der Waals surface area contributed by atoms with Crippen molar-refractivity contribution in [3.8, 4) is 0 Å². The normalized spacial score (nSPS) is 13.4. The van der Waals surface area contributed by atoms with Crippen LogP contribution in [0.15, 0.2) is 18.6 Å². The van der Waals surface area contributed by atoms with Gasteiger partial charge in [0.1, 0.15) is 0 Å². The van der Waals surface area contributed by atoms with Crippen molar-refractivity contribution in [2.75, 3.05) is 0 Å². The first-order valence-electron chi connectivity index (χ1n) is 4.29. The third-order valence-corrected chi connectivity index (χ3v) is 1.89. The standard InChI is InChI=1S/C9H12N4/c1-6(10)2-7-3-8-9(11-4-7)13-5-12-8/h3-6H,2,10H2,1H3,(H,11,12,13). The van der Waals surface area contributed by atoms with Gasteiger partial charge in [-0.05, 0) is 25.0 Å². The molecule has 13 heavy (non-hydrogen) atoms. The van der Waals surface area contributed by atoms with Gasteiger partial charge >= 0.3 is 0 Å². The Bertz CT molecular complexity index is 405. The number of nitrogens with one attached hydrogen (secondary N) is 1. The first-order chi connectivity index (χ1) is 6.25. The maximum Gasteiger partial charge on any atom is 0.177 e. The number of aromatic amines is 1. The summed E-state index contributed by atoms with van der Waals surface area (Å²) in [7, 11) is 0. The molecular weight excluding hydrogens is 164 g/mol. The number of rotatable bonds is 2. The molecule has 0 aliphatic heterocycles. The van der Waals surface area contributed by atoms with Crippen LogP contribution in [-0.4, -0.2) is 21.0 Å². The Kier molecular flexibility index (Phi) is 1.98. The highest BCUT2D eigenvalue weighted by atomic mass is 14.9. The lowest BCUT2D eigenvalue weighted by Gasteiger charge is -2.03. The van der Waals surface area contributed by atoms with E-state index < -0.39 is 0 Å². The average molecular weight is 176 g/mol. The second kappa shape index (κ2) is 3.14. The maximum atomic E-state index is 5.69. The SMILES string of the molecule is CC(N)Cc1cnc2nc[nH]c2c1. The molecule has 0 bridgehead atoms. The summed E-state index contributed by atoms with van der Waals surface area (Å²) < 4.78 is 0. The van der Waals surface area contributed by atoms with Crippen molar-refractivity contribution in [1.29, 1.82) is 0 Å². The Morgan fingerprint density at radius 3 is 3.15 bits per heavy atom. The van der Waals surface area contributed by atoms with Crippen LogP contribution in [0, 0.1) is 0 Å². The Morgan fingerprint density at radius 1 is 1.54 bits per heavy atom. The zero-order chi connectivity index (χ0) is 9.26. The first kappa shape index (κ1) is 8.19. The zero-order valence-electron chi connectivity index (χ0n) is 7.49. The van der Waals surface area contributed by atoms with E-state index in [1.807, 2.05) is 19.2 Å². The number of imidazole rings is 1. The molecule has 0 aliphatic carbocycles. The number of aromatic nitrogens is 3. The van der Waals surface area contributed by atoms with E-state index in [2.05, 4.69) is 15.0 Å². The van der Waals surface area contributed by atoms with Gasteiger partial charge < -0.3 is 10.7 Å². The van der Waals surface area contributed by atoms with Gasteiger partial charge in [-0.1, -0.05) is 0 Å². The zero-order valence-corrected chi connectivity index (χ0v) is 7.49. The molecule has 4 nitrogen and oxygen atoms in total. The van der Waals surface area contributed by atoms with Crippen LogP contribution in [-0.2, 0) is 6.42 Å². The molecule has 1 unspecified atom stereocenters. The van der Waals surface area contributed by atoms with Crippen molar-refractivity contribution < 1.29 is 0 Å². The van der Waals surface area contributed by atoms with Crippen molar-refractivity contribution in [3.05, 3.63) is 24.2 Å². The van der Waals surface area contributed by atoms with Gasteiger partial charge in [-0.25, -0.2) is 9.97 Å². The fourth-order valence-electron chi connectivity index (χ4n) is 1.36. The van der Waals surface area contributed by atoms with Crippen LogP contribution >= 0.6 is 0 Å². The Hall–Kier alpha value is -1.42. The molecule has 0 radical (unpaired) electrons. The molecule has 1 atom stereocenters. The largest absolute Gasteiger partial charge is 0.343 e. The molecule has 2 heterocycles. The average Bonchev–Trinajstić information content (AvgIpc) is 2.49. The van der Waals surface area contributed by atoms with Gasteiger partial charge in [-0.2, -0.15) is 0 Å². The van der Waals surface area contributed by atoms with Crippen LogP contribution in [0.1, 0.15) is 12.5 Å². The Labute approximate surface area is 76.2 Å². The summed E-state index contributed by atoms with van der Waals surface area (Å²) in [5.41, 5.74) is 8.56. The van der Waals surface area contributed by atoms with Gasteiger partial charge in [-0.15, -0.1) is 0 Å².